The molecule has 3 rings (SSSR count). The van der Waals surface area contributed by atoms with Gasteiger partial charge in [0.05, 0.1) is 28.1 Å². The molecule has 1 aromatic carbocycles. The van der Waals surface area contributed by atoms with E-state index in [1.54, 1.807) is 23.9 Å². The molecular formula is C18H17N3OS. The van der Waals surface area contributed by atoms with Gasteiger partial charge in [0.25, 0.3) is 0 Å². The van der Waals surface area contributed by atoms with E-state index in [-0.39, 0.29) is 5.43 Å². The predicted octanol–water partition coefficient (Wildman–Crippen LogP) is 3.91. The van der Waals surface area contributed by atoms with E-state index in [4.69, 9.17) is 0 Å². The lowest BCUT2D eigenvalue weighted by Gasteiger charge is -2.15. The highest BCUT2D eigenvalue weighted by molar-refractivity contribution is 7.98. The average molecular weight is 323 g/mol. The van der Waals surface area contributed by atoms with Crippen molar-refractivity contribution in [2.75, 3.05) is 6.26 Å². The number of H-pyrrole nitrogens is 1. The number of nitrogens with one attached hydrogen (secondary N) is 1. The molecule has 2 heterocycles. The summed E-state index contributed by atoms with van der Waals surface area (Å²) in [5, 5.41) is 10.5. The number of thioether (sulfide) groups is 1. The van der Waals surface area contributed by atoms with Crippen molar-refractivity contribution in [2.45, 2.75) is 31.1 Å². The van der Waals surface area contributed by atoms with Crippen molar-refractivity contribution in [3.8, 4) is 6.07 Å². The highest BCUT2D eigenvalue weighted by Gasteiger charge is 2.22. The van der Waals surface area contributed by atoms with Crippen molar-refractivity contribution in [2.24, 2.45) is 0 Å². The molecule has 0 unspecified atom stereocenters. The van der Waals surface area contributed by atoms with E-state index in [0.717, 1.165) is 16.0 Å². The van der Waals surface area contributed by atoms with E-state index in [9.17, 15) is 10.1 Å². The van der Waals surface area contributed by atoms with Crippen LogP contribution in [0.4, 0.5) is 0 Å². The molecule has 0 aliphatic rings. The monoisotopic (exact) mass is 323 g/mol. The van der Waals surface area contributed by atoms with Crippen LogP contribution in [0, 0.1) is 18.3 Å². The van der Waals surface area contributed by atoms with Crippen molar-refractivity contribution in [1.82, 2.24) is 9.97 Å². The molecule has 0 fully saturated rings. The molecule has 4 nitrogen and oxygen atoms in total. The van der Waals surface area contributed by atoms with Crippen molar-refractivity contribution >= 4 is 33.7 Å². The van der Waals surface area contributed by atoms with Crippen LogP contribution in [0.15, 0.2) is 34.0 Å². The first kappa shape index (κ1) is 15.6. The van der Waals surface area contributed by atoms with Gasteiger partial charge < -0.3 is 4.98 Å². The number of rotatable bonds is 2. The predicted molar refractivity (Wildman–Crippen MR) is 95.0 cm³/mol. The summed E-state index contributed by atoms with van der Waals surface area (Å²) in [6.07, 6.45) is 1.99. The third-order valence-electron chi connectivity index (χ3n) is 4.11. The van der Waals surface area contributed by atoms with Crippen LogP contribution < -0.4 is 5.43 Å². The van der Waals surface area contributed by atoms with Crippen molar-refractivity contribution < 1.29 is 0 Å². The standard InChI is InChI=1S/C18H17N3OS/c1-10-5-6-11-14(16(10)23-4)21-17-12(15(11)22)7-8-13(20-17)18(2,3)9-19/h5-8H,1-4H3,(H,20,21,22). The van der Waals surface area contributed by atoms with Crippen LogP contribution in [-0.2, 0) is 5.41 Å². The van der Waals surface area contributed by atoms with Gasteiger partial charge >= 0.3 is 0 Å². The van der Waals surface area contributed by atoms with Crippen molar-refractivity contribution in [1.29, 1.82) is 5.26 Å². The molecule has 0 aliphatic carbocycles. The number of aromatic nitrogens is 2. The zero-order chi connectivity index (χ0) is 16.8. The molecule has 5 heteroatoms. The lowest BCUT2D eigenvalue weighted by Crippen LogP contribution is -2.17. The molecule has 0 amide bonds. The SMILES string of the molecule is CSc1c(C)ccc2c(=O)c3ccc(C(C)(C)C#N)nc3[nH]c12. The van der Waals surface area contributed by atoms with Gasteiger partial charge in [-0.2, -0.15) is 5.26 Å². The Labute approximate surface area is 138 Å². The topological polar surface area (TPSA) is 69.5 Å². The van der Waals surface area contributed by atoms with Gasteiger partial charge in [0.15, 0.2) is 5.43 Å². The lowest BCUT2D eigenvalue weighted by molar-refractivity contribution is 0.662. The Hall–Kier alpha value is -2.32. The van der Waals surface area contributed by atoms with Gasteiger partial charge in [-0.05, 0) is 50.8 Å². The number of benzene rings is 1. The second kappa shape index (κ2) is 5.39. The molecule has 116 valence electrons. The quantitative estimate of drug-likeness (QED) is 0.573. The van der Waals surface area contributed by atoms with Gasteiger partial charge in [0.2, 0.25) is 0 Å². The van der Waals surface area contributed by atoms with Crippen LogP contribution in [0.3, 0.4) is 0 Å². The van der Waals surface area contributed by atoms with Crippen molar-refractivity contribution in [3.63, 3.8) is 0 Å². The number of hydrogen-bond donors (Lipinski definition) is 1. The molecule has 1 N–H and O–H groups in total. The third kappa shape index (κ3) is 2.40. The van der Waals surface area contributed by atoms with Gasteiger partial charge in [-0.15, -0.1) is 11.8 Å². The molecule has 23 heavy (non-hydrogen) atoms. The summed E-state index contributed by atoms with van der Waals surface area (Å²) in [4.78, 5) is 21.7. The molecule has 0 saturated heterocycles. The summed E-state index contributed by atoms with van der Waals surface area (Å²) in [5.74, 6) is 0. The first-order chi connectivity index (χ1) is 10.9. The van der Waals surface area contributed by atoms with E-state index in [2.05, 4.69) is 16.0 Å². The summed E-state index contributed by atoms with van der Waals surface area (Å²) in [6.45, 7) is 5.66. The summed E-state index contributed by atoms with van der Waals surface area (Å²) in [5.41, 5.74) is 2.39. The van der Waals surface area contributed by atoms with Gasteiger partial charge in [0, 0.05) is 10.3 Å². The molecule has 0 atom stereocenters. The zero-order valence-electron chi connectivity index (χ0n) is 13.5. The van der Waals surface area contributed by atoms with Gasteiger partial charge in [-0.3, -0.25) is 4.79 Å². The second-order valence-corrected chi connectivity index (χ2v) is 6.94. The molecule has 2 aromatic heterocycles. The Balaban J connectivity index is 2.44. The van der Waals surface area contributed by atoms with Crippen LogP contribution in [0.1, 0.15) is 25.1 Å². The minimum Gasteiger partial charge on any atom is -0.338 e. The maximum atomic E-state index is 12.8. The molecule has 0 bridgehead atoms. The molecule has 0 spiro atoms. The number of aryl methyl sites for hydroxylation is 1. The van der Waals surface area contributed by atoms with Crippen LogP contribution in [0.25, 0.3) is 21.9 Å². The van der Waals surface area contributed by atoms with Crippen LogP contribution in [0.5, 0.6) is 0 Å². The molecule has 0 aliphatic heterocycles. The molecular weight excluding hydrogens is 306 g/mol. The highest BCUT2D eigenvalue weighted by Crippen LogP contribution is 2.29. The number of nitrogens with zero attached hydrogens (tertiary/aromatic N) is 2. The molecule has 0 saturated carbocycles. The molecule has 0 radical (unpaired) electrons. The van der Waals surface area contributed by atoms with E-state index in [1.165, 1.54) is 0 Å². The number of fused-ring (bicyclic) bond motifs is 2. The maximum Gasteiger partial charge on any atom is 0.198 e. The minimum atomic E-state index is -0.699. The Bertz CT molecular complexity index is 1030. The van der Waals surface area contributed by atoms with E-state index >= 15 is 0 Å². The first-order valence-corrected chi connectivity index (χ1v) is 8.53. The van der Waals surface area contributed by atoms with Crippen LogP contribution in [-0.4, -0.2) is 16.2 Å². The number of nitriles is 1. The fraction of sp³-hybridized carbons (Fsp3) is 0.278. The zero-order valence-corrected chi connectivity index (χ0v) is 14.3. The third-order valence-corrected chi connectivity index (χ3v) is 5.04. The summed E-state index contributed by atoms with van der Waals surface area (Å²) in [7, 11) is 0. The van der Waals surface area contributed by atoms with Gasteiger partial charge in [-0.1, -0.05) is 6.07 Å². The Morgan fingerprint density at radius 3 is 2.57 bits per heavy atom. The highest BCUT2D eigenvalue weighted by atomic mass is 32.2. The fourth-order valence-corrected chi connectivity index (χ4v) is 3.42. The number of hydrogen-bond acceptors (Lipinski definition) is 4. The van der Waals surface area contributed by atoms with Crippen LogP contribution in [0.2, 0.25) is 0 Å². The van der Waals surface area contributed by atoms with Gasteiger partial charge in [0.1, 0.15) is 5.65 Å². The lowest BCUT2D eigenvalue weighted by atomic mass is 9.90. The van der Waals surface area contributed by atoms with E-state index in [1.807, 2.05) is 39.2 Å². The second-order valence-electron chi connectivity index (χ2n) is 6.12. The van der Waals surface area contributed by atoms with Crippen molar-refractivity contribution in [3.05, 3.63) is 45.7 Å². The largest absolute Gasteiger partial charge is 0.338 e. The Morgan fingerprint density at radius 1 is 1.22 bits per heavy atom. The smallest absolute Gasteiger partial charge is 0.198 e. The fourth-order valence-electron chi connectivity index (χ4n) is 2.67. The summed E-state index contributed by atoms with van der Waals surface area (Å²) in [6, 6.07) is 9.59. The normalized spacial score (nSPS) is 11.8. The first-order valence-electron chi connectivity index (χ1n) is 7.31. The van der Waals surface area contributed by atoms with E-state index < -0.39 is 5.41 Å². The summed E-state index contributed by atoms with van der Waals surface area (Å²) < 4.78 is 0. The minimum absolute atomic E-state index is 0.0298. The average Bonchev–Trinajstić information content (AvgIpc) is 2.54. The van der Waals surface area contributed by atoms with Crippen LogP contribution >= 0.6 is 11.8 Å². The number of pyridine rings is 2. The molecule has 3 aromatic rings. The maximum absolute atomic E-state index is 12.8. The van der Waals surface area contributed by atoms with Gasteiger partial charge in [-0.25, -0.2) is 4.98 Å². The van der Waals surface area contributed by atoms with E-state index in [0.29, 0.717) is 22.1 Å². The number of aromatic amines is 1. The summed E-state index contributed by atoms with van der Waals surface area (Å²) >= 11 is 1.61. The Morgan fingerprint density at radius 2 is 1.91 bits per heavy atom. The Kier molecular flexibility index (Phi) is 3.65.